The van der Waals surface area contributed by atoms with Gasteiger partial charge in [-0.05, 0) is 67.5 Å². The zero-order chi connectivity index (χ0) is 21.2. The van der Waals surface area contributed by atoms with Crippen LogP contribution in [-0.4, -0.2) is 24.2 Å². The lowest BCUT2D eigenvalue weighted by Gasteiger charge is -2.17. The van der Waals surface area contributed by atoms with Crippen molar-refractivity contribution in [2.24, 2.45) is 0 Å². The lowest BCUT2D eigenvalue weighted by molar-refractivity contribution is -0.137. The van der Waals surface area contributed by atoms with E-state index in [-0.39, 0.29) is 12.5 Å². The fraction of sp³-hybridized carbons (Fsp3) is 0.391. The van der Waals surface area contributed by atoms with Crippen molar-refractivity contribution >= 4 is 23.4 Å². The summed E-state index contributed by atoms with van der Waals surface area (Å²) in [6.07, 6.45) is 3.77. The van der Waals surface area contributed by atoms with E-state index in [4.69, 9.17) is 9.84 Å². The minimum Gasteiger partial charge on any atom is -0.495 e. The Hall–Kier alpha value is -3.02. The number of amides is 2. The van der Waals surface area contributed by atoms with E-state index in [1.165, 1.54) is 5.56 Å². The van der Waals surface area contributed by atoms with Crippen molar-refractivity contribution in [3.05, 3.63) is 53.6 Å². The third-order valence-electron chi connectivity index (χ3n) is 4.82. The van der Waals surface area contributed by atoms with Crippen molar-refractivity contribution in [2.45, 2.75) is 51.9 Å². The standard InChI is InChI=1S/C23H30N2O4/c1-4-6-17(7-5-8-22(26)27)18-10-12-19(13-11-18)24-23(28)25-20-15-16(2)9-14-21(20)29-3/h9-15,17H,4-8H2,1-3H3,(H,26,27)(H2,24,25,28). The molecule has 6 nitrogen and oxygen atoms in total. The molecule has 2 aromatic rings. The van der Waals surface area contributed by atoms with Crippen molar-refractivity contribution in [1.29, 1.82) is 0 Å². The fourth-order valence-corrected chi connectivity index (χ4v) is 3.37. The second-order valence-corrected chi connectivity index (χ2v) is 7.18. The summed E-state index contributed by atoms with van der Waals surface area (Å²) in [5.41, 5.74) is 3.50. The average molecular weight is 399 g/mol. The molecule has 0 fully saturated rings. The van der Waals surface area contributed by atoms with Gasteiger partial charge in [0.05, 0.1) is 12.8 Å². The van der Waals surface area contributed by atoms with Crippen LogP contribution in [0.25, 0.3) is 0 Å². The number of aryl methyl sites for hydroxylation is 1. The number of ether oxygens (including phenoxy) is 1. The number of hydrogen-bond acceptors (Lipinski definition) is 3. The molecule has 0 aromatic heterocycles. The van der Waals surface area contributed by atoms with Gasteiger partial charge in [-0.3, -0.25) is 4.79 Å². The largest absolute Gasteiger partial charge is 0.495 e. The topological polar surface area (TPSA) is 87.7 Å². The number of methoxy groups -OCH3 is 1. The highest BCUT2D eigenvalue weighted by molar-refractivity contribution is 6.00. The Labute approximate surface area is 172 Å². The number of rotatable bonds is 10. The Balaban J connectivity index is 1.99. The number of aliphatic carboxylic acids is 1. The molecule has 2 rings (SSSR count). The third kappa shape index (κ3) is 7.14. The van der Waals surface area contributed by atoms with Gasteiger partial charge >= 0.3 is 12.0 Å². The van der Waals surface area contributed by atoms with Gasteiger partial charge < -0.3 is 20.5 Å². The summed E-state index contributed by atoms with van der Waals surface area (Å²) in [5, 5.41) is 14.5. The number of benzene rings is 2. The van der Waals surface area contributed by atoms with Crippen LogP contribution >= 0.6 is 0 Å². The van der Waals surface area contributed by atoms with Crippen molar-refractivity contribution in [1.82, 2.24) is 0 Å². The van der Waals surface area contributed by atoms with Gasteiger partial charge in [-0.2, -0.15) is 0 Å². The Bertz CT molecular complexity index is 818. The first kappa shape index (κ1) is 22.3. The Morgan fingerprint density at radius 2 is 1.79 bits per heavy atom. The molecule has 3 N–H and O–H groups in total. The highest BCUT2D eigenvalue weighted by atomic mass is 16.5. The molecule has 1 unspecified atom stereocenters. The van der Waals surface area contributed by atoms with Crippen LogP contribution in [-0.2, 0) is 4.79 Å². The zero-order valence-electron chi connectivity index (χ0n) is 17.3. The van der Waals surface area contributed by atoms with E-state index in [0.717, 1.165) is 24.8 Å². The van der Waals surface area contributed by atoms with Crippen molar-refractivity contribution in [2.75, 3.05) is 17.7 Å². The van der Waals surface area contributed by atoms with Crippen LogP contribution in [0.3, 0.4) is 0 Å². The van der Waals surface area contributed by atoms with E-state index < -0.39 is 5.97 Å². The molecule has 1 atom stereocenters. The summed E-state index contributed by atoms with van der Waals surface area (Å²) < 4.78 is 5.28. The number of anilines is 2. The molecular formula is C23H30N2O4. The minimum absolute atomic E-state index is 0.197. The van der Waals surface area contributed by atoms with Crippen LogP contribution in [0.4, 0.5) is 16.2 Å². The second kappa shape index (κ2) is 11.1. The van der Waals surface area contributed by atoms with Crippen molar-refractivity contribution in [3.63, 3.8) is 0 Å². The summed E-state index contributed by atoms with van der Waals surface area (Å²) in [7, 11) is 1.57. The predicted octanol–water partition coefficient (Wildman–Crippen LogP) is 5.79. The molecule has 2 aromatic carbocycles. The van der Waals surface area contributed by atoms with Crippen LogP contribution in [0, 0.1) is 6.92 Å². The molecule has 0 heterocycles. The van der Waals surface area contributed by atoms with Crippen LogP contribution in [0.5, 0.6) is 5.75 Å². The smallest absolute Gasteiger partial charge is 0.323 e. The molecule has 0 aliphatic heterocycles. The summed E-state index contributed by atoms with van der Waals surface area (Å²) in [6, 6.07) is 13.0. The number of carboxylic acid groups (broad SMARTS) is 1. The molecule has 0 aliphatic carbocycles. The summed E-state index contributed by atoms with van der Waals surface area (Å²) in [4.78, 5) is 23.1. The van der Waals surface area contributed by atoms with Gasteiger partial charge in [0, 0.05) is 12.1 Å². The van der Waals surface area contributed by atoms with E-state index in [9.17, 15) is 9.59 Å². The van der Waals surface area contributed by atoms with E-state index in [2.05, 4.69) is 17.6 Å². The Morgan fingerprint density at radius 1 is 1.07 bits per heavy atom. The lowest BCUT2D eigenvalue weighted by Crippen LogP contribution is -2.20. The molecule has 0 bridgehead atoms. The average Bonchev–Trinajstić information content (AvgIpc) is 2.68. The highest BCUT2D eigenvalue weighted by Gasteiger charge is 2.13. The fourth-order valence-electron chi connectivity index (χ4n) is 3.37. The second-order valence-electron chi connectivity index (χ2n) is 7.18. The number of urea groups is 1. The minimum atomic E-state index is -0.754. The number of hydrogen-bond donors (Lipinski definition) is 3. The van der Waals surface area contributed by atoms with Gasteiger partial charge in [-0.1, -0.05) is 31.5 Å². The van der Waals surface area contributed by atoms with Crippen molar-refractivity contribution < 1.29 is 19.4 Å². The van der Waals surface area contributed by atoms with Crippen LogP contribution in [0.15, 0.2) is 42.5 Å². The molecule has 0 saturated carbocycles. The monoisotopic (exact) mass is 398 g/mol. The van der Waals surface area contributed by atoms with Gasteiger partial charge in [-0.25, -0.2) is 4.79 Å². The summed E-state index contributed by atoms with van der Waals surface area (Å²) in [6.45, 7) is 4.08. The number of carbonyl (C=O) groups excluding carboxylic acids is 1. The molecule has 156 valence electrons. The van der Waals surface area contributed by atoms with E-state index in [1.54, 1.807) is 7.11 Å². The molecule has 29 heavy (non-hydrogen) atoms. The summed E-state index contributed by atoms with van der Waals surface area (Å²) >= 11 is 0. The van der Waals surface area contributed by atoms with Gasteiger partial charge in [0.25, 0.3) is 0 Å². The quantitative estimate of drug-likeness (QED) is 0.473. The number of carboxylic acids is 1. The van der Waals surface area contributed by atoms with Gasteiger partial charge in [0.15, 0.2) is 0 Å². The molecule has 0 saturated heterocycles. The van der Waals surface area contributed by atoms with Gasteiger partial charge in [0.1, 0.15) is 5.75 Å². The maximum Gasteiger partial charge on any atom is 0.323 e. The lowest BCUT2D eigenvalue weighted by atomic mass is 9.89. The Kier molecular flexibility index (Phi) is 8.52. The molecular weight excluding hydrogens is 368 g/mol. The first-order valence-electron chi connectivity index (χ1n) is 9.97. The molecule has 0 aliphatic rings. The van der Waals surface area contributed by atoms with Crippen LogP contribution < -0.4 is 15.4 Å². The number of carbonyl (C=O) groups is 2. The molecule has 6 heteroatoms. The maximum atomic E-state index is 12.4. The predicted molar refractivity (Wildman–Crippen MR) is 116 cm³/mol. The van der Waals surface area contributed by atoms with E-state index in [0.29, 0.717) is 29.5 Å². The third-order valence-corrected chi connectivity index (χ3v) is 4.82. The van der Waals surface area contributed by atoms with Gasteiger partial charge in [-0.15, -0.1) is 0 Å². The molecule has 0 radical (unpaired) electrons. The summed E-state index contributed by atoms with van der Waals surface area (Å²) in [5.74, 6) is 0.180. The maximum absolute atomic E-state index is 12.4. The van der Waals surface area contributed by atoms with E-state index in [1.807, 2.05) is 49.4 Å². The Morgan fingerprint density at radius 3 is 2.41 bits per heavy atom. The molecule has 2 amide bonds. The zero-order valence-corrected chi connectivity index (χ0v) is 17.3. The van der Waals surface area contributed by atoms with Crippen molar-refractivity contribution in [3.8, 4) is 5.75 Å². The normalized spacial score (nSPS) is 11.6. The van der Waals surface area contributed by atoms with Crippen LogP contribution in [0.1, 0.15) is 56.1 Å². The SMILES string of the molecule is CCCC(CCCC(=O)O)c1ccc(NC(=O)Nc2cc(C)ccc2OC)cc1. The first-order valence-corrected chi connectivity index (χ1v) is 9.97. The highest BCUT2D eigenvalue weighted by Crippen LogP contribution is 2.28. The molecule has 0 spiro atoms. The number of nitrogens with one attached hydrogen (secondary N) is 2. The van der Waals surface area contributed by atoms with Gasteiger partial charge in [0.2, 0.25) is 0 Å². The van der Waals surface area contributed by atoms with Crippen LogP contribution in [0.2, 0.25) is 0 Å². The van der Waals surface area contributed by atoms with E-state index >= 15 is 0 Å². The first-order chi connectivity index (χ1) is 13.9.